The van der Waals surface area contributed by atoms with Crippen LogP contribution in [-0.4, -0.2) is 39.8 Å². The van der Waals surface area contributed by atoms with Gasteiger partial charge in [0.15, 0.2) is 0 Å². The number of anilines is 1. The molecule has 1 atom stereocenters. The van der Waals surface area contributed by atoms with Gasteiger partial charge in [-0.3, -0.25) is 14.5 Å². The highest BCUT2D eigenvalue weighted by Crippen LogP contribution is 2.34. The average molecular weight is 425 g/mol. The summed E-state index contributed by atoms with van der Waals surface area (Å²) in [6, 6.07) is 6.30. The maximum atomic E-state index is 13.7. The molecule has 0 aliphatic carbocycles. The quantitative estimate of drug-likeness (QED) is 0.752. The third-order valence-corrected chi connectivity index (χ3v) is 6.07. The topological polar surface area (TPSA) is 66.4 Å². The Morgan fingerprint density at radius 2 is 2.00 bits per heavy atom. The van der Waals surface area contributed by atoms with Crippen molar-refractivity contribution in [2.24, 2.45) is 5.41 Å². The van der Waals surface area contributed by atoms with Gasteiger partial charge in [0.2, 0.25) is 11.8 Å². The fourth-order valence-corrected chi connectivity index (χ4v) is 4.40. The summed E-state index contributed by atoms with van der Waals surface area (Å²) >= 11 is 0. The van der Waals surface area contributed by atoms with Gasteiger partial charge in [0.25, 0.3) is 0 Å². The highest BCUT2D eigenvalue weighted by Gasteiger charge is 2.36. The lowest BCUT2D eigenvalue weighted by atomic mass is 9.95. The number of carbonyl (C=O) groups is 2. The molecule has 1 aromatic carbocycles. The van der Waals surface area contributed by atoms with Gasteiger partial charge in [0, 0.05) is 42.1 Å². The number of likely N-dealkylation sites (tertiary alicyclic amines) is 1. The Bertz CT molecular complexity index is 1030. The predicted octanol–water partition coefficient (Wildman–Crippen LogP) is 3.77. The molecule has 4 rings (SSSR count). The number of amides is 2. The van der Waals surface area contributed by atoms with E-state index in [1.807, 2.05) is 38.7 Å². The number of hydrogen-bond donors (Lipinski definition) is 0. The van der Waals surface area contributed by atoms with Crippen LogP contribution < -0.4 is 4.90 Å². The number of carbonyl (C=O) groups excluding carboxylic acids is 2. The van der Waals surface area contributed by atoms with E-state index in [0.29, 0.717) is 37.6 Å². The van der Waals surface area contributed by atoms with E-state index >= 15 is 0 Å². The molecular weight excluding hydrogens is 395 g/mol. The smallest absolute Gasteiger partial charge is 0.228 e. The third kappa shape index (κ3) is 4.31. The Hall–Kier alpha value is -2.83. The van der Waals surface area contributed by atoms with Crippen molar-refractivity contribution in [3.05, 3.63) is 52.7 Å². The minimum atomic E-state index is -0.421. The lowest BCUT2D eigenvalue weighted by Gasteiger charge is -2.30. The van der Waals surface area contributed by atoms with Gasteiger partial charge in [-0.15, -0.1) is 0 Å². The van der Waals surface area contributed by atoms with Crippen LogP contribution in [0.2, 0.25) is 0 Å². The number of aryl methyl sites for hydroxylation is 1. The molecule has 0 radical (unpaired) electrons. The molecule has 3 heterocycles. The van der Waals surface area contributed by atoms with Crippen LogP contribution in [0.15, 0.2) is 24.3 Å². The molecular formula is C24H29FN4O2. The van der Waals surface area contributed by atoms with Gasteiger partial charge < -0.3 is 4.90 Å². The van der Waals surface area contributed by atoms with Gasteiger partial charge in [-0.2, -0.15) is 0 Å². The number of benzene rings is 1. The molecule has 0 unspecified atom stereocenters. The molecule has 6 nitrogen and oxygen atoms in total. The minimum Gasteiger partial charge on any atom is -0.341 e. The van der Waals surface area contributed by atoms with Crippen LogP contribution in [0.5, 0.6) is 0 Å². The van der Waals surface area contributed by atoms with Crippen molar-refractivity contribution in [3.8, 4) is 0 Å². The number of aromatic nitrogens is 2. The van der Waals surface area contributed by atoms with Crippen molar-refractivity contribution in [3.63, 3.8) is 0 Å². The standard InChI is InChI=1S/C24H29FN4O2/c1-15-19-8-9-20(30)29(13-16-6-5-7-18(25)12-16)22(19)27-21(26-15)17-10-11-28(14-17)23(31)24(2,3)4/h5-7,12,17H,8-11,13-14H2,1-4H3/t17-/m0/s1. The van der Waals surface area contributed by atoms with Crippen molar-refractivity contribution in [2.45, 2.75) is 59.4 Å². The van der Waals surface area contributed by atoms with Crippen LogP contribution >= 0.6 is 0 Å². The van der Waals surface area contributed by atoms with E-state index in [4.69, 9.17) is 9.97 Å². The molecule has 2 amide bonds. The average Bonchev–Trinajstić information content (AvgIpc) is 3.19. The van der Waals surface area contributed by atoms with Gasteiger partial charge in [-0.1, -0.05) is 32.9 Å². The van der Waals surface area contributed by atoms with Crippen LogP contribution in [0, 0.1) is 18.2 Å². The summed E-state index contributed by atoms with van der Waals surface area (Å²) in [5, 5.41) is 0. The number of fused-ring (bicyclic) bond motifs is 1. The lowest BCUT2D eigenvalue weighted by Crippen LogP contribution is -2.38. The van der Waals surface area contributed by atoms with E-state index in [2.05, 4.69) is 0 Å². The Balaban J connectivity index is 1.63. The molecule has 0 N–H and O–H groups in total. The first kappa shape index (κ1) is 21.4. The Kier molecular flexibility index (Phi) is 5.54. The molecule has 0 bridgehead atoms. The highest BCUT2D eigenvalue weighted by molar-refractivity contribution is 5.95. The van der Waals surface area contributed by atoms with Crippen LogP contribution in [-0.2, 0) is 22.6 Å². The normalized spacial score (nSPS) is 19.0. The summed E-state index contributed by atoms with van der Waals surface area (Å²) in [6.45, 7) is 9.29. The molecule has 0 spiro atoms. The summed E-state index contributed by atoms with van der Waals surface area (Å²) in [4.78, 5) is 38.6. The van der Waals surface area contributed by atoms with Crippen LogP contribution in [0.1, 0.15) is 62.2 Å². The highest BCUT2D eigenvalue weighted by atomic mass is 19.1. The first-order valence-corrected chi connectivity index (χ1v) is 10.8. The maximum Gasteiger partial charge on any atom is 0.228 e. The molecule has 1 fully saturated rings. The number of nitrogens with zero attached hydrogens (tertiary/aromatic N) is 4. The van der Waals surface area contributed by atoms with Crippen molar-refractivity contribution < 1.29 is 14.0 Å². The number of halogens is 1. The van der Waals surface area contributed by atoms with Gasteiger partial charge in [-0.05, 0) is 37.5 Å². The lowest BCUT2D eigenvalue weighted by molar-refractivity contribution is -0.138. The van der Waals surface area contributed by atoms with E-state index in [9.17, 15) is 14.0 Å². The second-order valence-electron chi connectivity index (χ2n) is 9.57. The first-order chi connectivity index (χ1) is 14.6. The van der Waals surface area contributed by atoms with E-state index in [1.54, 1.807) is 11.0 Å². The first-order valence-electron chi connectivity index (χ1n) is 10.8. The SMILES string of the molecule is Cc1nc([C@H]2CCN(C(=O)C(C)(C)C)C2)nc2c1CCC(=O)N2Cc1cccc(F)c1. The molecule has 2 aromatic rings. The van der Waals surface area contributed by atoms with E-state index in [0.717, 1.165) is 23.2 Å². The molecule has 7 heteroatoms. The van der Waals surface area contributed by atoms with Gasteiger partial charge in [0.05, 0.1) is 6.54 Å². The number of hydrogen-bond acceptors (Lipinski definition) is 4. The zero-order chi connectivity index (χ0) is 22.3. The fraction of sp³-hybridized carbons (Fsp3) is 0.500. The molecule has 2 aliphatic heterocycles. The summed E-state index contributed by atoms with van der Waals surface area (Å²) in [5.41, 5.74) is 2.15. The van der Waals surface area contributed by atoms with Crippen LogP contribution in [0.3, 0.4) is 0 Å². The zero-order valence-corrected chi connectivity index (χ0v) is 18.6. The fourth-order valence-electron chi connectivity index (χ4n) is 4.40. The third-order valence-electron chi connectivity index (χ3n) is 6.07. The Morgan fingerprint density at radius 3 is 2.71 bits per heavy atom. The second-order valence-corrected chi connectivity index (χ2v) is 9.57. The largest absolute Gasteiger partial charge is 0.341 e. The van der Waals surface area contributed by atoms with Gasteiger partial charge >= 0.3 is 0 Å². The zero-order valence-electron chi connectivity index (χ0n) is 18.6. The van der Waals surface area contributed by atoms with E-state index < -0.39 is 5.41 Å². The molecule has 31 heavy (non-hydrogen) atoms. The summed E-state index contributed by atoms with van der Waals surface area (Å²) in [7, 11) is 0. The van der Waals surface area contributed by atoms with Crippen molar-refractivity contribution in [2.75, 3.05) is 18.0 Å². The Morgan fingerprint density at radius 1 is 1.23 bits per heavy atom. The predicted molar refractivity (Wildman–Crippen MR) is 116 cm³/mol. The summed E-state index contributed by atoms with van der Waals surface area (Å²) in [6.07, 6.45) is 1.81. The minimum absolute atomic E-state index is 0.0169. The van der Waals surface area contributed by atoms with Gasteiger partial charge in [0.1, 0.15) is 17.5 Å². The van der Waals surface area contributed by atoms with Crippen molar-refractivity contribution in [1.29, 1.82) is 0 Å². The van der Waals surface area contributed by atoms with E-state index in [1.165, 1.54) is 12.1 Å². The van der Waals surface area contributed by atoms with Crippen molar-refractivity contribution >= 4 is 17.6 Å². The van der Waals surface area contributed by atoms with Crippen LogP contribution in [0.25, 0.3) is 0 Å². The van der Waals surface area contributed by atoms with E-state index in [-0.39, 0.29) is 30.1 Å². The molecule has 1 saturated heterocycles. The monoisotopic (exact) mass is 424 g/mol. The molecule has 1 aromatic heterocycles. The molecule has 2 aliphatic rings. The summed E-state index contributed by atoms with van der Waals surface area (Å²) in [5.74, 6) is 1.15. The number of rotatable bonds is 3. The second kappa shape index (κ2) is 8.02. The van der Waals surface area contributed by atoms with Crippen LogP contribution in [0.4, 0.5) is 10.2 Å². The Labute approximate surface area is 182 Å². The molecule has 164 valence electrons. The maximum absolute atomic E-state index is 13.7. The van der Waals surface area contributed by atoms with Crippen molar-refractivity contribution in [1.82, 2.24) is 14.9 Å². The molecule has 0 saturated carbocycles. The summed E-state index contributed by atoms with van der Waals surface area (Å²) < 4.78 is 13.7. The van der Waals surface area contributed by atoms with Gasteiger partial charge in [-0.25, -0.2) is 14.4 Å².